The highest BCUT2D eigenvalue weighted by molar-refractivity contribution is 6.30. The number of ether oxygens (including phenoxy) is 1. The Labute approximate surface area is 168 Å². The fourth-order valence-electron chi connectivity index (χ4n) is 4.02. The third-order valence-electron chi connectivity index (χ3n) is 5.46. The van der Waals surface area contributed by atoms with Crippen molar-refractivity contribution in [1.82, 2.24) is 19.7 Å². The number of fused-ring (bicyclic) bond motifs is 1. The summed E-state index contributed by atoms with van der Waals surface area (Å²) in [4.78, 5) is 9.09. The van der Waals surface area contributed by atoms with Crippen molar-refractivity contribution in [3.8, 4) is 11.4 Å². The van der Waals surface area contributed by atoms with Crippen molar-refractivity contribution in [2.75, 3.05) is 29.6 Å². The van der Waals surface area contributed by atoms with Crippen LogP contribution >= 0.6 is 11.6 Å². The zero-order chi connectivity index (χ0) is 19.1. The Hall–Kier alpha value is -2.80. The molecule has 3 aromatic rings. The summed E-state index contributed by atoms with van der Waals surface area (Å²) in [6.45, 7) is 4.38. The number of aromatic nitrogens is 4. The van der Waals surface area contributed by atoms with Crippen LogP contribution in [0.5, 0.6) is 5.75 Å². The van der Waals surface area contributed by atoms with E-state index in [1.54, 1.807) is 0 Å². The maximum Gasteiger partial charge on any atom is 0.231 e. The fourth-order valence-corrected chi connectivity index (χ4v) is 4.14. The molecule has 0 amide bonds. The van der Waals surface area contributed by atoms with Gasteiger partial charge in [0, 0.05) is 30.4 Å². The summed E-state index contributed by atoms with van der Waals surface area (Å²) < 4.78 is 7.87. The van der Waals surface area contributed by atoms with Crippen LogP contribution < -0.4 is 14.5 Å². The van der Waals surface area contributed by atoms with Crippen molar-refractivity contribution in [1.29, 1.82) is 0 Å². The highest BCUT2D eigenvalue weighted by atomic mass is 35.5. The third kappa shape index (κ3) is 2.96. The molecule has 0 spiro atoms. The standard InChI is InChI=1S/C20H21ClN6O/c1-14-23-24-20(27(14)17-6-4-15(21)5-7-17)25-11-8-16(9-12-25)26-13-28-18-3-2-10-22-19(18)26/h2-7,10,16H,8-9,11-13H2,1H3. The quantitative estimate of drug-likeness (QED) is 0.675. The minimum atomic E-state index is 0.417. The summed E-state index contributed by atoms with van der Waals surface area (Å²) in [5.41, 5.74) is 1.02. The molecule has 0 bridgehead atoms. The molecule has 0 atom stereocenters. The average Bonchev–Trinajstić information content (AvgIpc) is 3.33. The summed E-state index contributed by atoms with van der Waals surface area (Å²) in [5.74, 6) is 3.59. The molecule has 4 heterocycles. The molecule has 1 aromatic carbocycles. The van der Waals surface area contributed by atoms with Crippen LogP contribution in [0.2, 0.25) is 5.02 Å². The van der Waals surface area contributed by atoms with Gasteiger partial charge in [-0.05, 0) is 56.2 Å². The van der Waals surface area contributed by atoms with Crippen LogP contribution in [-0.4, -0.2) is 45.6 Å². The molecule has 0 unspecified atom stereocenters. The number of hydrogen-bond donors (Lipinski definition) is 0. The number of aryl methyl sites for hydroxylation is 1. The second kappa shape index (κ2) is 6.98. The van der Waals surface area contributed by atoms with E-state index in [4.69, 9.17) is 16.3 Å². The van der Waals surface area contributed by atoms with Gasteiger partial charge in [-0.25, -0.2) is 4.98 Å². The maximum atomic E-state index is 6.04. The lowest BCUT2D eigenvalue weighted by Gasteiger charge is -2.36. The van der Waals surface area contributed by atoms with E-state index in [9.17, 15) is 0 Å². The number of anilines is 2. The SMILES string of the molecule is Cc1nnc(N2CCC(N3COc4cccnc43)CC2)n1-c1ccc(Cl)cc1. The molecule has 5 rings (SSSR count). The van der Waals surface area contributed by atoms with Crippen molar-refractivity contribution in [3.05, 3.63) is 53.4 Å². The molecule has 1 fully saturated rings. The molecular formula is C20H21ClN6O. The topological polar surface area (TPSA) is 59.3 Å². The minimum Gasteiger partial charge on any atom is -0.469 e. The highest BCUT2D eigenvalue weighted by Crippen LogP contribution is 2.35. The van der Waals surface area contributed by atoms with Gasteiger partial charge in [0.1, 0.15) is 5.82 Å². The van der Waals surface area contributed by atoms with Crippen molar-refractivity contribution >= 4 is 23.4 Å². The third-order valence-corrected chi connectivity index (χ3v) is 5.71. The summed E-state index contributed by atoms with van der Waals surface area (Å²) in [7, 11) is 0. The van der Waals surface area contributed by atoms with Crippen LogP contribution in [0.25, 0.3) is 5.69 Å². The van der Waals surface area contributed by atoms with E-state index in [0.717, 1.165) is 60.0 Å². The van der Waals surface area contributed by atoms with Crippen molar-refractivity contribution in [3.63, 3.8) is 0 Å². The smallest absolute Gasteiger partial charge is 0.231 e. The second-order valence-electron chi connectivity index (χ2n) is 7.15. The van der Waals surface area contributed by atoms with Gasteiger partial charge in [0.15, 0.2) is 18.3 Å². The van der Waals surface area contributed by atoms with E-state index in [2.05, 4.69) is 29.5 Å². The number of nitrogens with zero attached hydrogens (tertiary/aromatic N) is 6. The molecule has 144 valence electrons. The Morgan fingerprint density at radius 3 is 2.64 bits per heavy atom. The summed E-state index contributed by atoms with van der Waals surface area (Å²) >= 11 is 6.04. The monoisotopic (exact) mass is 396 g/mol. The Kier molecular flexibility index (Phi) is 4.31. The average molecular weight is 397 g/mol. The molecule has 0 N–H and O–H groups in total. The number of hydrogen-bond acceptors (Lipinski definition) is 6. The molecule has 1 saturated heterocycles. The van der Waals surface area contributed by atoms with Gasteiger partial charge < -0.3 is 14.5 Å². The van der Waals surface area contributed by atoms with Gasteiger partial charge in [0.25, 0.3) is 0 Å². The largest absolute Gasteiger partial charge is 0.469 e. The fraction of sp³-hybridized carbons (Fsp3) is 0.350. The first kappa shape index (κ1) is 17.3. The normalized spacial score (nSPS) is 16.9. The van der Waals surface area contributed by atoms with Gasteiger partial charge >= 0.3 is 0 Å². The number of piperidine rings is 1. The predicted molar refractivity (Wildman–Crippen MR) is 109 cm³/mol. The molecule has 0 aliphatic carbocycles. The molecular weight excluding hydrogens is 376 g/mol. The molecule has 8 heteroatoms. The number of halogens is 1. The zero-order valence-corrected chi connectivity index (χ0v) is 16.4. The predicted octanol–water partition coefficient (Wildman–Crippen LogP) is 3.45. The Morgan fingerprint density at radius 1 is 1.07 bits per heavy atom. The molecule has 2 aromatic heterocycles. The first-order valence-electron chi connectivity index (χ1n) is 9.48. The minimum absolute atomic E-state index is 0.417. The molecule has 2 aliphatic rings. The summed E-state index contributed by atoms with van der Waals surface area (Å²) in [6.07, 6.45) is 3.87. The van der Waals surface area contributed by atoms with Gasteiger partial charge in [-0.15, -0.1) is 10.2 Å². The Morgan fingerprint density at radius 2 is 1.86 bits per heavy atom. The van der Waals surface area contributed by atoms with Crippen LogP contribution in [0.4, 0.5) is 11.8 Å². The lowest BCUT2D eigenvalue weighted by atomic mass is 10.0. The van der Waals surface area contributed by atoms with E-state index < -0.39 is 0 Å². The van der Waals surface area contributed by atoms with E-state index in [-0.39, 0.29) is 0 Å². The van der Waals surface area contributed by atoms with Gasteiger partial charge in [-0.2, -0.15) is 0 Å². The number of benzene rings is 1. The van der Waals surface area contributed by atoms with Crippen LogP contribution in [-0.2, 0) is 0 Å². The molecule has 0 saturated carbocycles. The van der Waals surface area contributed by atoms with E-state index in [1.165, 1.54) is 0 Å². The highest BCUT2D eigenvalue weighted by Gasteiger charge is 2.32. The molecule has 0 radical (unpaired) electrons. The second-order valence-corrected chi connectivity index (χ2v) is 7.58. The Bertz CT molecular complexity index is 981. The van der Waals surface area contributed by atoms with Gasteiger partial charge in [0.2, 0.25) is 5.95 Å². The lowest BCUT2D eigenvalue weighted by Crippen LogP contribution is -2.45. The van der Waals surface area contributed by atoms with Crippen molar-refractivity contribution in [2.24, 2.45) is 0 Å². The Balaban J connectivity index is 1.34. The van der Waals surface area contributed by atoms with Gasteiger partial charge in [-0.3, -0.25) is 4.57 Å². The summed E-state index contributed by atoms with van der Waals surface area (Å²) in [6, 6.07) is 12.1. The molecule has 28 heavy (non-hydrogen) atoms. The van der Waals surface area contributed by atoms with E-state index in [1.807, 2.05) is 49.5 Å². The maximum absolute atomic E-state index is 6.04. The van der Waals surface area contributed by atoms with Crippen molar-refractivity contribution in [2.45, 2.75) is 25.8 Å². The van der Waals surface area contributed by atoms with E-state index >= 15 is 0 Å². The van der Waals surface area contributed by atoms with Gasteiger partial charge in [0.05, 0.1) is 5.69 Å². The van der Waals surface area contributed by atoms with Crippen molar-refractivity contribution < 1.29 is 4.74 Å². The van der Waals surface area contributed by atoms with Gasteiger partial charge in [-0.1, -0.05) is 11.6 Å². The van der Waals surface area contributed by atoms with Crippen LogP contribution in [0.3, 0.4) is 0 Å². The van der Waals surface area contributed by atoms with Crippen LogP contribution in [0, 0.1) is 6.92 Å². The van der Waals surface area contributed by atoms with Crippen LogP contribution in [0.1, 0.15) is 18.7 Å². The molecule has 7 nitrogen and oxygen atoms in total. The first-order valence-corrected chi connectivity index (χ1v) is 9.86. The van der Waals surface area contributed by atoms with E-state index in [0.29, 0.717) is 12.8 Å². The zero-order valence-electron chi connectivity index (χ0n) is 15.6. The summed E-state index contributed by atoms with van der Waals surface area (Å²) in [5, 5.41) is 9.49. The first-order chi connectivity index (χ1) is 13.7. The molecule has 2 aliphatic heterocycles. The number of rotatable bonds is 3. The number of pyridine rings is 1. The van der Waals surface area contributed by atoms with Crippen LogP contribution in [0.15, 0.2) is 42.6 Å². The lowest BCUT2D eigenvalue weighted by molar-refractivity contribution is 0.320.